The average Bonchev–Trinajstić information content (AvgIpc) is 3.41. The molecule has 8 heteroatoms. The number of aryl methyl sites for hydroxylation is 5. The number of hydrogen-bond donors (Lipinski definition) is 1. The Morgan fingerprint density at radius 3 is 2.55 bits per heavy atom. The van der Waals surface area contributed by atoms with E-state index in [9.17, 15) is 4.79 Å². The highest BCUT2D eigenvalue weighted by Crippen LogP contribution is 2.37. The fourth-order valence-corrected chi connectivity index (χ4v) is 5.39. The highest BCUT2D eigenvalue weighted by Gasteiger charge is 2.22. The predicted octanol–water partition coefficient (Wildman–Crippen LogP) is 4.79. The number of rotatable bonds is 8. The predicted molar refractivity (Wildman–Crippen MR) is 148 cm³/mol. The molecule has 0 saturated carbocycles. The summed E-state index contributed by atoms with van der Waals surface area (Å²) in [5, 5.41) is 6.90. The van der Waals surface area contributed by atoms with Gasteiger partial charge in [-0.3, -0.25) is 14.2 Å². The largest absolute Gasteiger partial charge is 0.493 e. The number of hydrogen-bond acceptors (Lipinski definition) is 5. The van der Waals surface area contributed by atoms with Gasteiger partial charge in [-0.15, -0.1) is 0 Å². The summed E-state index contributed by atoms with van der Waals surface area (Å²) in [6.45, 7) is 9.91. The molecule has 1 aliphatic rings. The van der Waals surface area contributed by atoms with Crippen molar-refractivity contribution in [2.75, 3.05) is 13.7 Å². The maximum Gasteiger partial charge on any atom is 0.330 e. The lowest BCUT2D eigenvalue weighted by molar-refractivity contribution is 0.310. The highest BCUT2D eigenvalue weighted by atomic mass is 16.5. The van der Waals surface area contributed by atoms with E-state index in [4.69, 9.17) is 14.5 Å². The summed E-state index contributed by atoms with van der Waals surface area (Å²) < 4.78 is 15.1. The van der Waals surface area contributed by atoms with Crippen molar-refractivity contribution >= 4 is 5.69 Å². The normalized spacial score (nSPS) is 12.8. The number of nitrogens with one attached hydrogen (secondary N) is 1. The molecule has 0 fully saturated rings. The van der Waals surface area contributed by atoms with Gasteiger partial charge in [-0.2, -0.15) is 5.10 Å². The van der Waals surface area contributed by atoms with Crippen LogP contribution in [0, 0.1) is 20.8 Å². The summed E-state index contributed by atoms with van der Waals surface area (Å²) in [4.78, 5) is 19.1. The second kappa shape index (κ2) is 10.7. The van der Waals surface area contributed by atoms with Crippen LogP contribution in [-0.4, -0.2) is 33.0 Å². The molecule has 2 aromatic carbocycles. The Hall–Kier alpha value is -4.07. The van der Waals surface area contributed by atoms with E-state index in [1.165, 1.54) is 5.56 Å². The van der Waals surface area contributed by atoms with Gasteiger partial charge in [0.1, 0.15) is 5.49 Å². The number of fused-ring (bicyclic) bond motifs is 3. The Morgan fingerprint density at radius 2 is 1.87 bits per heavy atom. The van der Waals surface area contributed by atoms with Crippen LogP contribution in [0.2, 0.25) is 0 Å². The molecule has 1 N–H and O–H groups in total. The third kappa shape index (κ3) is 4.90. The molecule has 0 aliphatic carbocycles. The number of methoxy groups -OCH3 is 1. The van der Waals surface area contributed by atoms with Crippen LogP contribution < -0.4 is 20.7 Å². The monoisotopic (exact) mass is 513 g/mol. The molecule has 0 spiro atoms. The molecule has 0 saturated heterocycles. The minimum Gasteiger partial charge on any atom is -0.493 e. The number of aromatic nitrogens is 4. The maximum atomic E-state index is 14.0. The first-order valence-corrected chi connectivity index (χ1v) is 13.2. The number of benzene rings is 2. The Morgan fingerprint density at radius 1 is 1.08 bits per heavy atom. The molecular formula is C30H35N5O3. The zero-order valence-corrected chi connectivity index (χ0v) is 22.8. The van der Waals surface area contributed by atoms with Crippen LogP contribution in [0.1, 0.15) is 41.2 Å². The first-order valence-electron chi connectivity index (χ1n) is 13.2. The van der Waals surface area contributed by atoms with Gasteiger partial charge >= 0.3 is 5.69 Å². The van der Waals surface area contributed by atoms with Gasteiger partial charge in [-0.1, -0.05) is 17.7 Å². The number of nitrogens with zero attached hydrogens (tertiary/aromatic N) is 4. The molecular weight excluding hydrogens is 478 g/mol. The van der Waals surface area contributed by atoms with Gasteiger partial charge in [0, 0.05) is 30.9 Å². The van der Waals surface area contributed by atoms with Crippen molar-refractivity contribution < 1.29 is 9.47 Å². The van der Waals surface area contributed by atoms with Gasteiger partial charge in [0.25, 0.3) is 0 Å². The molecule has 0 atom stereocenters. The van der Waals surface area contributed by atoms with Gasteiger partial charge in [0.05, 0.1) is 31.3 Å². The number of H-pyrrole nitrogens is 1. The van der Waals surface area contributed by atoms with E-state index in [2.05, 4.69) is 49.2 Å². The average molecular weight is 514 g/mol. The number of ether oxygens (including phenoxy) is 2. The van der Waals surface area contributed by atoms with Crippen molar-refractivity contribution in [1.82, 2.24) is 19.3 Å². The second-order valence-corrected chi connectivity index (χ2v) is 9.89. The van der Waals surface area contributed by atoms with E-state index in [0.29, 0.717) is 30.9 Å². The Balaban J connectivity index is 1.68. The summed E-state index contributed by atoms with van der Waals surface area (Å²) in [5.41, 5.74) is 8.99. The Bertz CT molecular complexity index is 1570. The molecule has 0 bridgehead atoms. The van der Waals surface area contributed by atoms with Crippen molar-refractivity contribution in [3.63, 3.8) is 0 Å². The molecule has 3 heterocycles. The molecule has 5 rings (SSSR count). The third-order valence-corrected chi connectivity index (χ3v) is 7.13. The van der Waals surface area contributed by atoms with Gasteiger partial charge < -0.3 is 9.47 Å². The lowest BCUT2D eigenvalue weighted by atomic mass is 9.97. The van der Waals surface area contributed by atoms with Crippen molar-refractivity contribution in [3.8, 4) is 22.8 Å². The van der Waals surface area contributed by atoms with Crippen molar-refractivity contribution in [1.29, 1.82) is 0 Å². The molecule has 0 unspecified atom stereocenters. The zero-order chi connectivity index (χ0) is 26.8. The van der Waals surface area contributed by atoms with Gasteiger partial charge in [-0.05, 0) is 81.3 Å². The molecule has 0 radical (unpaired) electrons. The quantitative estimate of drug-likeness (QED) is 0.367. The highest BCUT2D eigenvalue weighted by molar-refractivity contribution is 5.70. The molecule has 198 valence electrons. The fraction of sp³-hybridized carbons (Fsp3) is 0.367. The molecule has 4 aromatic rings. The standard InChI is InChI=1S/C30H35N5O3/c1-6-38-27-14-23-9-11-34-25(24(23)15-26(27)37-5)16-28(33-29-20(3)12-19(2)13-21(29)4)35(30(34)36)10-7-8-22-17-31-32-18-22/h12-18H,6-11H2,1-5H3,(H,31,32). The lowest BCUT2D eigenvalue weighted by Crippen LogP contribution is -2.42. The van der Waals surface area contributed by atoms with Gasteiger partial charge in [0.15, 0.2) is 11.5 Å². The van der Waals surface area contributed by atoms with Crippen LogP contribution in [0.15, 0.2) is 52.5 Å². The SMILES string of the molecule is CCOc1cc2c(cc1OC)-c1cc(=Nc3c(C)cc(C)cc3C)n(CCCc3cn[nH]c3)c(=O)n1CC2. The minimum atomic E-state index is -0.0469. The summed E-state index contributed by atoms with van der Waals surface area (Å²) in [5.74, 6) is 1.39. The van der Waals surface area contributed by atoms with E-state index in [1.54, 1.807) is 7.11 Å². The molecule has 2 aromatic heterocycles. The Kier molecular flexibility index (Phi) is 7.22. The smallest absolute Gasteiger partial charge is 0.330 e. The topological polar surface area (TPSA) is 86.4 Å². The van der Waals surface area contributed by atoms with Crippen molar-refractivity contribution in [2.45, 2.75) is 60.0 Å². The lowest BCUT2D eigenvalue weighted by Gasteiger charge is -2.25. The third-order valence-electron chi connectivity index (χ3n) is 7.13. The molecule has 1 aliphatic heterocycles. The summed E-state index contributed by atoms with van der Waals surface area (Å²) >= 11 is 0. The van der Waals surface area contributed by atoms with Crippen LogP contribution in [0.3, 0.4) is 0 Å². The van der Waals surface area contributed by atoms with Crippen molar-refractivity contribution in [3.05, 3.63) is 86.5 Å². The van der Waals surface area contributed by atoms with E-state index in [1.807, 2.05) is 40.6 Å². The van der Waals surface area contributed by atoms with E-state index < -0.39 is 0 Å². The van der Waals surface area contributed by atoms with E-state index >= 15 is 0 Å². The second-order valence-electron chi connectivity index (χ2n) is 9.89. The van der Waals surface area contributed by atoms with E-state index in [0.717, 1.165) is 64.2 Å². The fourth-order valence-electron chi connectivity index (χ4n) is 5.39. The zero-order valence-electron chi connectivity index (χ0n) is 22.8. The van der Waals surface area contributed by atoms with Crippen LogP contribution >= 0.6 is 0 Å². The van der Waals surface area contributed by atoms with E-state index in [-0.39, 0.29) is 5.69 Å². The summed E-state index contributed by atoms with van der Waals surface area (Å²) in [6, 6.07) is 10.4. The summed E-state index contributed by atoms with van der Waals surface area (Å²) in [6.07, 6.45) is 6.10. The molecule has 8 nitrogen and oxygen atoms in total. The summed E-state index contributed by atoms with van der Waals surface area (Å²) in [7, 11) is 1.64. The van der Waals surface area contributed by atoms with Crippen LogP contribution in [0.4, 0.5) is 5.69 Å². The Labute approximate surface area is 222 Å². The van der Waals surface area contributed by atoms with Crippen LogP contribution in [0.25, 0.3) is 11.3 Å². The van der Waals surface area contributed by atoms with Crippen molar-refractivity contribution in [2.24, 2.45) is 4.99 Å². The molecule has 38 heavy (non-hydrogen) atoms. The number of aromatic amines is 1. The van der Waals surface area contributed by atoms with Crippen LogP contribution in [-0.2, 0) is 25.9 Å². The first kappa shape index (κ1) is 25.6. The van der Waals surface area contributed by atoms with Gasteiger partial charge in [-0.25, -0.2) is 9.79 Å². The minimum absolute atomic E-state index is 0.0469. The maximum absolute atomic E-state index is 14.0. The molecule has 0 amide bonds. The first-order chi connectivity index (χ1) is 18.4. The van der Waals surface area contributed by atoms with Gasteiger partial charge in [0.2, 0.25) is 0 Å². The van der Waals surface area contributed by atoms with Crippen LogP contribution in [0.5, 0.6) is 11.5 Å².